The van der Waals surface area contributed by atoms with Crippen LogP contribution in [0.1, 0.15) is 98.3 Å². The van der Waals surface area contributed by atoms with Crippen molar-refractivity contribution >= 4 is 0 Å². The van der Waals surface area contributed by atoms with Gasteiger partial charge in [0, 0.05) is 0 Å². The van der Waals surface area contributed by atoms with Crippen molar-refractivity contribution in [3.8, 4) is 0 Å². The summed E-state index contributed by atoms with van der Waals surface area (Å²) in [6.07, 6.45) is 20.0. The summed E-state index contributed by atoms with van der Waals surface area (Å²) in [5.41, 5.74) is 6.59. The first-order valence-corrected chi connectivity index (χ1v) is 9.38. The highest BCUT2D eigenvalue weighted by molar-refractivity contribution is 5.41. The molecule has 0 nitrogen and oxygen atoms in total. The van der Waals surface area contributed by atoms with Gasteiger partial charge in [-0.15, -0.1) is 0 Å². The van der Waals surface area contributed by atoms with Gasteiger partial charge in [-0.1, -0.05) is 69.8 Å². The molecule has 0 unspecified atom stereocenters. The number of unbranched alkanes of at least 4 members (excludes halogenated alkanes) is 3. The predicted octanol–water partition coefficient (Wildman–Crippen LogP) is 7.52. The van der Waals surface area contributed by atoms with Crippen molar-refractivity contribution in [2.45, 2.75) is 98.3 Å². The van der Waals surface area contributed by atoms with Gasteiger partial charge >= 0.3 is 0 Å². The fourth-order valence-corrected chi connectivity index (χ4v) is 3.40. The molecule has 2 rings (SSSR count). The van der Waals surface area contributed by atoms with E-state index in [4.69, 9.17) is 0 Å². The molecule has 0 saturated carbocycles. The van der Waals surface area contributed by atoms with Gasteiger partial charge in [0.2, 0.25) is 0 Å². The van der Waals surface area contributed by atoms with E-state index >= 15 is 0 Å². The van der Waals surface area contributed by atoms with Crippen LogP contribution < -0.4 is 0 Å². The zero-order chi connectivity index (χ0) is 15.5. The molecule has 0 bridgehead atoms. The molecule has 0 heterocycles. The molecule has 0 aromatic carbocycles. The summed E-state index contributed by atoms with van der Waals surface area (Å²) in [6.45, 7) is 8.61. The Balaban J connectivity index is 0.00000106. The van der Waals surface area contributed by atoms with Gasteiger partial charge < -0.3 is 0 Å². The Labute approximate surface area is 133 Å². The second-order valence-corrected chi connectivity index (χ2v) is 6.39. The van der Waals surface area contributed by atoms with Crippen LogP contribution in [-0.2, 0) is 0 Å². The Morgan fingerprint density at radius 3 is 2.19 bits per heavy atom. The minimum atomic E-state index is 1.22. The normalized spacial score (nSPS) is 18.7. The van der Waals surface area contributed by atoms with Crippen molar-refractivity contribution in [3.63, 3.8) is 0 Å². The molecule has 0 aliphatic heterocycles. The number of hydrogen-bond donors (Lipinski definition) is 0. The number of rotatable bonds is 5. The molecule has 0 fully saturated rings. The van der Waals surface area contributed by atoms with Crippen molar-refractivity contribution in [1.29, 1.82) is 0 Å². The smallest absolute Gasteiger partial charge is 0.0105 e. The van der Waals surface area contributed by atoms with Crippen LogP contribution in [0.15, 0.2) is 34.4 Å². The molecule has 0 aromatic rings. The first kappa shape index (κ1) is 18.3. The predicted molar refractivity (Wildman–Crippen MR) is 96.7 cm³/mol. The molecule has 0 atom stereocenters. The third kappa shape index (κ3) is 6.68. The Bertz CT molecular complexity index is 379. The second-order valence-electron chi connectivity index (χ2n) is 6.39. The van der Waals surface area contributed by atoms with Gasteiger partial charge in [-0.3, -0.25) is 0 Å². The van der Waals surface area contributed by atoms with E-state index in [0.717, 1.165) is 0 Å². The van der Waals surface area contributed by atoms with Gasteiger partial charge in [0.15, 0.2) is 0 Å². The van der Waals surface area contributed by atoms with E-state index in [9.17, 15) is 0 Å². The summed E-state index contributed by atoms with van der Waals surface area (Å²) in [5.74, 6) is 0. The van der Waals surface area contributed by atoms with Crippen LogP contribution in [0.2, 0.25) is 0 Å². The van der Waals surface area contributed by atoms with Gasteiger partial charge in [0.25, 0.3) is 0 Å². The lowest BCUT2D eigenvalue weighted by Crippen LogP contribution is -1.88. The fraction of sp³-hybridized carbons (Fsp3) is 0.714. The molecule has 0 saturated heterocycles. The average Bonchev–Trinajstić information content (AvgIpc) is 2.78. The summed E-state index contributed by atoms with van der Waals surface area (Å²) >= 11 is 0. The number of hydrogen-bond acceptors (Lipinski definition) is 0. The second kappa shape index (κ2) is 10.9. The Morgan fingerprint density at radius 1 is 0.857 bits per heavy atom. The molecule has 2 aliphatic carbocycles. The fourth-order valence-electron chi connectivity index (χ4n) is 3.40. The highest BCUT2D eigenvalue weighted by Crippen LogP contribution is 2.32. The van der Waals surface area contributed by atoms with Crippen molar-refractivity contribution in [3.05, 3.63) is 34.4 Å². The van der Waals surface area contributed by atoms with Crippen LogP contribution >= 0.6 is 0 Å². The van der Waals surface area contributed by atoms with Crippen LogP contribution in [0, 0.1) is 0 Å². The van der Waals surface area contributed by atoms with E-state index in [1.807, 2.05) is 13.8 Å². The van der Waals surface area contributed by atoms with Crippen LogP contribution in [0.3, 0.4) is 0 Å². The Morgan fingerprint density at radius 2 is 1.52 bits per heavy atom. The molecule has 0 heteroatoms. The maximum Gasteiger partial charge on any atom is -0.0105 e. The standard InChI is InChI=1S/C19H30.C2H6/c1-3-4-5-7-10-17-13-16(2)14-18-11-8-6-9-12-19(18)15-17;1-2/h14-15H,3-13H2,1-2H3;1-2H3. The minimum absolute atomic E-state index is 1.22. The van der Waals surface area contributed by atoms with E-state index in [0.29, 0.717) is 0 Å². The first-order chi connectivity index (χ1) is 10.3. The first-order valence-electron chi connectivity index (χ1n) is 9.38. The maximum atomic E-state index is 2.57. The van der Waals surface area contributed by atoms with E-state index in [1.165, 1.54) is 70.6 Å². The highest BCUT2D eigenvalue weighted by Gasteiger charge is 2.13. The zero-order valence-electron chi connectivity index (χ0n) is 14.9. The summed E-state index contributed by atoms with van der Waals surface area (Å²) in [7, 11) is 0. The summed E-state index contributed by atoms with van der Waals surface area (Å²) in [6, 6.07) is 0. The highest BCUT2D eigenvalue weighted by atomic mass is 14.2. The third-order valence-electron chi connectivity index (χ3n) is 4.46. The Hall–Kier alpha value is -0.780. The van der Waals surface area contributed by atoms with Gasteiger partial charge in [-0.05, 0) is 63.0 Å². The molecule has 120 valence electrons. The minimum Gasteiger partial charge on any atom is -0.0690 e. The van der Waals surface area contributed by atoms with Crippen molar-refractivity contribution < 1.29 is 0 Å². The lowest BCUT2D eigenvalue weighted by molar-refractivity contribution is 0.658. The monoisotopic (exact) mass is 288 g/mol. The largest absolute Gasteiger partial charge is 0.0690 e. The lowest BCUT2D eigenvalue weighted by atomic mass is 9.98. The molecule has 0 spiro atoms. The van der Waals surface area contributed by atoms with Crippen LogP contribution in [0.5, 0.6) is 0 Å². The van der Waals surface area contributed by atoms with Crippen LogP contribution in [0.4, 0.5) is 0 Å². The molecule has 21 heavy (non-hydrogen) atoms. The molecule has 0 N–H and O–H groups in total. The van der Waals surface area contributed by atoms with Gasteiger partial charge in [-0.2, -0.15) is 0 Å². The number of allylic oxidation sites excluding steroid dienone is 6. The van der Waals surface area contributed by atoms with Crippen LogP contribution in [0.25, 0.3) is 0 Å². The quantitative estimate of drug-likeness (QED) is 0.459. The van der Waals surface area contributed by atoms with Crippen molar-refractivity contribution in [2.75, 3.05) is 0 Å². The summed E-state index contributed by atoms with van der Waals surface area (Å²) in [4.78, 5) is 0. The van der Waals surface area contributed by atoms with E-state index < -0.39 is 0 Å². The van der Waals surface area contributed by atoms with Crippen molar-refractivity contribution in [2.24, 2.45) is 0 Å². The van der Waals surface area contributed by atoms with Gasteiger partial charge in [-0.25, -0.2) is 0 Å². The zero-order valence-corrected chi connectivity index (χ0v) is 14.9. The molecule has 0 aromatic heterocycles. The summed E-state index contributed by atoms with van der Waals surface area (Å²) in [5, 5.41) is 0. The maximum absolute atomic E-state index is 2.57. The van der Waals surface area contributed by atoms with Gasteiger partial charge in [0.05, 0.1) is 0 Å². The lowest BCUT2D eigenvalue weighted by Gasteiger charge is -2.08. The van der Waals surface area contributed by atoms with Crippen molar-refractivity contribution in [1.82, 2.24) is 0 Å². The molecular weight excluding hydrogens is 252 g/mol. The SMILES string of the molecule is CC.CCCCCCC1=CC2=C(C=C(C)C1)CCCCC2. The van der Waals surface area contributed by atoms with Crippen LogP contribution in [-0.4, -0.2) is 0 Å². The van der Waals surface area contributed by atoms with E-state index in [1.54, 1.807) is 22.3 Å². The third-order valence-corrected chi connectivity index (χ3v) is 4.46. The Kier molecular flexibility index (Phi) is 9.46. The van der Waals surface area contributed by atoms with E-state index in [-0.39, 0.29) is 0 Å². The molecule has 2 aliphatic rings. The topological polar surface area (TPSA) is 0 Å². The van der Waals surface area contributed by atoms with Gasteiger partial charge in [0.1, 0.15) is 0 Å². The van der Waals surface area contributed by atoms with E-state index in [2.05, 4.69) is 26.0 Å². The summed E-state index contributed by atoms with van der Waals surface area (Å²) < 4.78 is 0. The average molecular weight is 289 g/mol. The molecular formula is C21H36. The molecule has 0 amide bonds. The molecule has 0 radical (unpaired) electrons.